The van der Waals surface area contributed by atoms with E-state index < -0.39 is 6.04 Å². The molecular weight excluding hydrogens is 394 g/mol. The van der Waals surface area contributed by atoms with Crippen LogP contribution >= 0.6 is 0 Å². The summed E-state index contributed by atoms with van der Waals surface area (Å²) >= 11 is 0. The van der Waals surface area contributed by atoms with Gasteiger partial charge in [0.25, 0.3) is 0 Å². The Morgan fingerprint density at radius 3 is 2.90 bits per heavy atom. The Balaban J connectivity index is 1.43. The van der Waals surface area contributed by atoms with Gasteiger partial charge in [0.2, 0.25) is 11.8 Å². The minimum absolute atomic E-state index is 0.124. The molecule has 7 heteroatoms. The fourth-order valence-corrected chi connectivity index (χ4v) is 3.83. The minimum atomic E-state index is -0.701. The molecule has 0 saturated carbocycles. The first kappa shape index (κ1) is 20.9. The zero-order valence-electron chi connectivity index (χ0n) is 17.5. The summed E-state index contributed by atoms with van der Waals surface area (Å²) in [6.45, 7) is 2.69. The van der Waals surface area contributed by atoms with E-state index in [4.69, 9.17) is 9.47 Å². The number of benzene rings is 2. The van der Waals surface area contributed by atoms with Crippen molar-refractivity contribution in [2.45, 2.75) is 38.3 Å². The standard InChI is InChI=1S/C24H27N3O4/c1-16(28)26-23(12-17-14-25-22-10-3-2-9-21(17)22)24(29)27-18-6-4-7-19(13-18)31-15-20-8-5-11-30-20/h2-4,6-7,9-10,13-14,20,23,25H,5,8,11-12,15H2,1H3,(H,26,28)(H,27,29)/t20-,23-/m1/s1. The molecule has 3 aromatic rings. The maximum absolute atomic E-state index is 13.0. The maximum Gasteiger partial charge on any atom is 0.247 e. The van der Waals surface area contributed by atoms with E-state index in [0.717, 1.165) is 35.9 Å². The van der Waals surface area contributed by atoms with Crippen LogP contribution in [0.25, 0.3) is 10.9 Å². The highest BCUT2D eigenvalue weighted by Crippen LogP contribution is 2.22. The molecule has 2 heterocycles. The Morgan fingerprint density at radius 2 is 2.10 bits per heavy atom. The van der Waals surface area contributed by atoms with Crippen LogP contribution in [0.3, 0.4) is 0 Å². The Hall–Kier alpha value is -3.32. The van der Waals surface area contributed by atoms with Gasteiger partial charge in [0, 0.05) is 48.8 Å². The van der Waals surface area contributed by atoms with Gasteiger partial charge in [0.15, 0.2) is 0 Å². The summed E-state index contributed by atoms with van der Waals surface area (Å²) in [7, 11) is 0. The lowest BCUT2D eigenvalue weighted by molar-refractivity contribution is -0.125. The predicted molar refractivity (Wildman–Crippen MR) is 119 cm³/mol. The van der Waals surface area contributed by atoms with E-state index in [1.807, 2.05) is 42.6 Å². The number of para-hydroxylation sites is 1. The van der Waals surface area contributed by atoms with Crippen molar-refractivity contribution in [3.63, 3.8) is 0 Å². The van der Waals surface area contributed by atoms with Gasteiger partial charge in [0.05, 0.1) is 6.10 Å². The molecule has 1 fully saturated rings. The van der Waals surface area contributed by atoms with Crippen LogP contribution in [0, 0.1) is 0 Å². The lowest BCUT2D eigenvalue weighted by atomic mass is 10.0. The van der Waals surface area contributed by atoms with Gasteiger partial charge < -0.3 is 25.1 Å². The van der Waals surface area contributed by atoms with E-state index in [9.17, 15) is 9.59 Å². The number of amides is 2. The number of hydrogen-bond acceptors (Lipinski definition) is 4. The number of rotatable bonds is 8. The smallest absolute Gasteiger partial charge is 0.247 e. The van der Waals surface area contributed by atoms with Gasteiger partial charge in [0.1, 0.15) is 18.4 Å². The van der Waals surface area contributed by atoms with Crippen molar-refractivity contribution < 1.29 is 19.1 Å². The number of H-pyrrole nitrogens is 1. The number of carbonyl (C=O) groups is 2. The van der Waals surface area contributed by atoms with E-state index in [-0.39, 0.29) is 17.9 Å². The molecule has 2 aromatic carbocycles. The van der Waals surface area contributed by atoms with Gasteiger partial charge in [-0.1, -0.05) is 24.3 Å². The molecule has 0 bridgehead atoms. The fourth-order valence-electron chi connectivity index (χ4n) is 3.83. The highest BCUT2D eigenvalue weighted by atomic mass is 16.5. The number of nitrogens with one attached hydrogen (secondary N) is 3. The van der Waals surface area contributed by atoms with Crippen molar-refractivity contribution in [2.75, 3.05) is 18.5 Å². The number of aromatic nitrogens is 1. The van der Waals surface area contributed by atoms with E-state index >= 15 is 0 Å². The first-order chi connectivity index (χ1) is 15.1. The van der Waals surface area contributed by atoms with Crippen LogP contribution in [0.2, 0.25) is 0 Å². The molecule has 31 heavy (non-hydrogen) atoms. The second-order valence-electron chi connectivity index (χ2n) is 7.78. The molecule has 7 nitrogen and oxygen atoms in total. The summed E-state index contributed by atoms with van der Waals surface area (Å²) in [5, 5.41) is 6.71. The number of anilines is 1. The topological polar surface area (TPSA) is 92.5 Å². The summed E-state index contributed by atoms with van der Waals surface area (Å²) in [5.74, 6) is 0.131. The van der Waals surface area contributed by atoms with E-state index in [2.05, 4.69) is 15.6 Å². The molecule has 1 aromatic heterocycles. The van der Waals surface area contributed by atoms with Crippen molar-refractivity contribution in [3.05, 3.63) is 60.3 Å². The van der Waals surface area contributed by atoms with Crippen molar-refractivity contribution in [2.24, 2.45) is 0 Å². The van der Waals surface area contributed by atoms with Crippen molar-refractivity contribution in [1.29, 1.82) is 0 Å². The van der Waals surface area contributed by atoms with E-state index in [1.165, 1.54) is 6.92 Å². The molecule has 0 aliphatic carbocycles. The monoisotopic (exact) mass is 421 g/mol. The predicted octanol–water partition coefficient (Wildman–Crippen LogP) is 3.41. The Bertz CT molecular complexity index is 1060. The molecule has 1 aliphatic heterocycles. The van der Waals surface area contributed by atoms with Crippen molar-refractivity contribution in [1.82, 2.24) is 10.3 Å². The van der Waals surface area contributed by atoms with Crippen molar-refractivity contribution in [3.8, 4) is 5.75 Å². The largest absolute Gasteiger partial charge is 0.491 e. The molecule has 4 rings (SSSR count). The molecule has 3 N–H and O–H groups in total. The number of hydrogen-bond donors (Lipinski definition) is 3. The van der Waals surface area contributed by atoms with Gasteiger partial charge in [-0.05, 0) is 36.6 Å². The summed E-state index contributed by atoms with van der Waals surface area (Å²) in [5.41, 5.74) is 2.58. The van der Waals surface area contributed by atoms with Crippen molar-refractivity contribution >= 4 is 28.4 Å². The molecule has 0 unspecified atom stereocenters. The molecular formula is C24H27N3O4. The third kappa shape index (κ3) is 5.44. The Kier molecular flexibility index (Phi) is 6.52. The summed E-state index contributed by atoms with van der Waals surface area (Å²) in [6.07, 6.45) is 4.45. The second kappa shape index (κ2) is 9.66. The molecule has 0 spiro atoms. The minimum Gasteiger partial charge on any atom is -0.491 e. The van der Waals surface area contributed by atoms with Gasteiger partial charge in [-0.2, -0.15) is 0 Å². The lowest BCUT2D eigenvalue weighted by Gasteiger charge is -2.18. The molecule has 162 valence electrons. The second-order valence-corrected chi connectivity index (χ2v) is 7.78. The van der Waals surface area contributed by atoms with Crippen LogP contribution < -0.4 is 15.4 Å². The summed E-state index contributed by atoms with van der Waals surface area (Å²) < 4.78 is 11.4. The fraction of sp³-hybridized carbons (Fsp3) is 0.333. The number of aromatic amines is 1. The highest BCUT2D eigenvalue weighted by molar-refractivity contribution is 5.97. The molecule has 2 atom stereocenters. The summed E-state index contributed by atoms with van der Waals surface area (Å²) in [6, 6.07) is 14.4. The average Bonchev–Trinajstić information content (AvgIpc) is 3.42. The van der Waals surface area contributed by atoms with Crippen LogP contribution in [0.4, 0.5) is 5.69 Å². The van der Waals surface area contributed by atoms with Crippen LogP contribution in [0.15, 0.2) is 54.7 Å². The number of ether oxygens (including phenoxy) is 2. The molecule has 0 radical (unpaired) electrons. The zero-order valence-corrected chi connectivity index (χ0v) is 17.5. The normalized spacial score (nSPS) is 16.7. The van der Waals surface area contributed by atoms with Gasteiger partial charge in [-0.25, -0.2) is 0 Å². The molecule has 2 amide bonds. The first-order valence-electron chi connectivity index (χ1n) is 10.6. The van der Waals surface area contributed by atoms with Crippen LogP contribution in [-0.4, -0.2) is 42.2 Å². The lowest BCUT2D eigenvalue weighted by Crippen LogP contribution is -2.44. The SMILES string of the molecule is CC(=O)N[C@H](Cc1c[nH]c2ccccc12)C(=O)Nc1cccc(OC[C@H]2CCCO2)c1. The zero-order chi connectivity index (χ0) is 21.6. The van der Waals surface area contributed by atoms with Gasteiger partial charge in [-0.15, -0.1) is 0 Å². The summed E-state index contributed by atoms with van der Waals surface area (Å²) in [4.78, 5) is 27.9. The van der Waals surface area contributed by atoms with E-state index in [1.54, 1.807) is 12.1 Å². The third-order valence-corrected chi connectivity index (χ3v) is 5.35. The number of carbonyl (C=O) groups excluding carboxylic acids is 2. The Morgan fingerprint density at radius 1 is 1.23 bits per heavy atom. The quantitative estimate of drug-likeness (QED) is 0.520. The van der Waals surface area contributed by atoms with Gasteiger partial charge in [-0.3, -0.25) is 9.59 Å². The average molecular weight is 421 g/mol. The molecule has 1 saturated heterocycles. The highest BCUT2D eigenvalue weighted by Gasteiger charge is 2.22. The number of fused-ring (bicyclic) bond motifs is 1. The van der Waals surface area contributed by atoms with Crippen LogP contribution in [0.5, 0.6) is 5.75 Å². The van der Waals surface area contributed by atoms with Crippen LogP contribution in [-0.2, 0) is 20.7 Å². The van der Waals surface area contributed by atoms with Gasteiger partial charge >= 0.3 is 0 Å². The maximum atomic E-state index is 13.0. The molecule has 1 aliphatic rings. The van der Waals surface area contributed by atoms with E-state index in [0.29, 0.717) is 24.5 Å². The first-order valence-corrected chi connectivity index (χ1v) is 10.6. The third-order valence-electron chi connectivity index (χ3n) is 5.35. The Labute approximate surface area is 181 Å². The van der Waals surface area contributed by atoms with Crippen LogP contribution in [0.1, 0.15) is 25.3 Å².